The van der Waals surface area contributed by atoms with Crippen LogP contribution in [-0.2, 0) is 11.3 Å². The lowest BCUT2D eigenvalue weighted by Crippen LogP contribution is -2.20. The summed E-state index contributed by atoms with van der Waals surface area (Å²) in [6.07, 6.45) is 3.85. The number of benzene rings is 1. The third-order valence-electron chi connectivity index (χ3n) is 3.90. The second kappa shape index (κ2) is 6.48. The van der Waals surface area contributed by atoms with E-state index in [-0.39, 0.29) is 18.3 Å². The van der Waals surface area contributed by atoms with Gasteiger partial charge in [0, 0.05) is 24.5 Å². The molecule has 3 rings (SSSR count). The normalized spacial score (nSPS) is 13.8. The average molecular weight is 310 g/mol. The number of amides is 1. The molecule has 0 bridgehead atoms. The first-order chi connectivity index (χ1) is 11.2. The molecule has 0 aliphatic carbocycles. The molecular weight excluding hydrogens is 292 g/mol. The zero-order valence-corrected chi connectivity index (χ0v) is 13.0. The fourth-order valence-electron chi connectivity index (χ4n) is 2.72. The first-order valence-corrected chi connectivity index (χ1v) is 7.61. The number of carbonyl (C=O) groups excluding carboxylic acids is 1. The highest BCUT2D eigenvalue weighted by Crippen LogP contribution is 2.25. The predicted octanol–water partition coefficient (Wildman–Crippen LogP) is 1.70. The average Bonchev–Trinajstić information content (AvgIpc) is 3.20. The summed E-state index contributed by atoms with van der Waals surface area (Å²) in [6, 6.07) is 7.91. The van der Waals surface area contributed by atoms with Crippen molar-refractivity contribution >= 4 is 17.3 Å². The Morgan fingerprint density at radius 1 is 1.39 bits per heavy atom. The van der Waals surface area contributed by atoms with Crippen molar-refractivity contribution in [3.05, 3.63) is 35.9 Å². The highest BCUT2D eigenvalue weighted by molar-refractivity contribution is 5.91. The molecule has 1 aliphatic rings. The van der Waals surface area contributed by atoms with Gasteiger partial charge < -0.3 is 10.2 Å². The van der Waals surface area contributed by atoms with Gasteiger partial charge in [-0.2, -0.15) is 5.26 Å². The third-order valence-corrected chi connectivity index (χ3v) is 3.90. The lowest BCUT2D eigenvalue weighted by Gasteiger charge is -2.19. The number of aryl methyl sites for hydroxylation is 1. The highest BCUT2D eigenvalue weighted by atomic mass is 16.2. The van der Waals surface area contributed by atoms with E-state index >= 15 is 0 Å². The SMILES string of the molecule is Cc1cc(N2CCCC2)ccc1NC(=O)Cn1cnc(C#N)n1. The summed E-state index contributed by atoms with van der Waals surface area (Å²) in [5, 5.41) is 15.4. The second-order valence-electron chi connectivity index (χ2n) is 5.62. The van der Waals surface area contributed by atoms with E-state index in [1.54, 1.807) is 0 Å². The van der Waals surface area contributed by atoms with Crippen molar-refractivity contribution in [3.63, 3.8) is 0 Å². The van der Waals surface area contributed by atoms with Crippen LogP contribution < -0.4 is 10.2 Å². The molecule has 1 aromatic carbocycles. The van der Waals surface area contributed by atoms with E-state index in [0.717, 1.165) is 24.3 Å². The molecule has 2 heterocycles. The zero-order chi connectivity index (χ0) is 16.2. The Kier molecular flexibility index (Phi) is 4.24. The Hall–Kier alpha value is -2.88. The number of rotatable bonds is 4. The van der Waals surface area contributed by atoms with E-state index in [4.69, 9.17) is 5.26 Å². The summed E-state index contributed by atoms with van der Waals surface area (Å²) in [4.78, 5) is 18.2. The predicted molar refractivity (Wildman–Crippen MR) is 86.0 cm³/mol. The van der Waals surface area contributed by atoms with Gasteiger partial charge in [0.1, 0.15) is 18.9 Å². The smallest absolute Gasteiger partial charge is 0.252 e. The molecule has 118 valence electrons. The van der Waals surface area contributed by atoms with Gasteiger partial charge in [-0.3, -0.25) is 4.79 Å². The number of aromatic nitrogens is 3. The number of hydrogen-bond acceptors (Lipinski definition) is 5. The molecule has 1 amide bonds. The number of nitrogens with one attached hydrogen (secondary N) is 1. The molecule has 1 aliphatic heterocycles. The standard InChI is InChI=1S/C16H18N6O/c1-12-8-13(21-6-2-3-7-21)4-5-14(12)19-16(23)10-22-11-18-15(9-17)20-22/h4-5,8,11H,2-3,6-7,10H2,1H3,(H,19,23). The summed E-state index contributed by atoms with van der Waals surface area (Å²) in [5.74, 6) is -0.139. The van der Waals surface area contributed by atoms with Crippen molar-refractivity contribution in [1.82, 2.24) is 14.8 Å². The molecule has 1 saturated heterocycles. The molecule has 1 N–H and O–H groups in total. The van der Waals surface area contributed by atoms with Gasteiger partial charge in [0.2, 0.25) is 5.91 Å². The van der Waals surface area contributed by atoms with E-state index in [9.17, 15) is 4.79 Å². The monoisotopic (exact) mass is 310 g/mol. The number of nitriles is 1. The van der Waals surface area contributed by atoms with Crippen LogP contribution in [0.5, 0.6) is 0 Å². The van der Waals surface area contributed by atoms with Crippen molar-refractivity contribution in [2.75, 3.05) is 23.3 Å². The minimum atomic E-state index is -0.198. The van der Waals surface area contributed by atoms with Crippen LogP contribution in [-0.4, -0.2) is 33.8 Å². The highest BCUT2D eigenvalue weighted by Gasteiger charge is 2.14. The van der Waals surface area contributed by atoms with Crippen molar-refractivity contribution in [3.8, 4) is 6.07 Å². The minimum absolute atomic E-state index is 0.0298. The number of carbonyl (C=O) groups is 1. The van der Waals surface area contributed by atoms with Crippen LogP contribution in [0, 0.1) is 18.3 Å². The third kappa shape index (κ3) is 3.48. The zero-order valence-electron chi connectivity index (χ0n) is 13.0. The second-order valence-corrected chi connectivity index (χ2v) is 5.62. The van der Waals surface area contributed by atoms with Crippen LogP contribution in [0.2, 0.25) is 0 Å². The van der Waals surface area contributed by atoms with Crippen LogP contribution in [0.25, 0.3) is 0 Å². The molecular formula is C16H18N6O. The van der Waals surface area contributed by atoms with E-state index in [0.29, 0.717) is 0 Å². The molecule has 7 heteroatoms. The Morgan fingerprint density at radius 2 is 2.17 bits per heavy atom. The summed E-state index contributed by atoms with van der Waals surface area (Å²) in [6.45, 7) is 4.21. The first kappa shape index (κ1) is 15.0. The lowest BCUT2D eigenvalue weighted by molar-refractivity contribution is -0.116. The molecule has 0 atom stereocenters. The van der Waals surface area contributed by atoms with Gasteiger partial charge in [0.05, 0.1) is 0 Å². The maximum Gasteiger partial charge on any atom is 0.252 e. The lowest BCUT2D eigenvalue weighted by atomic mass is 10.1. The van der Waals surface area contributed by atoms with Gasteiger partial charge >= 0.3 is 0 Å². The molecule has 0 saturated carbocycles. The molecule has 7 nitrogen and oxygen atoms in total. The minimum Gasteiger partial charge on any atom is -0.372 e. The van der Waals surface area contributed by atoms with Gasteiger partial charge in [-0.1, -0.05) is 0 Å². The van der Waals surface area contributed by atoms with Crippen LogP contribution in [0.1, 0.15) is 24.2 Å². The Balaban J connectivity index is 1.65. The quantitative estimate of drug-likeness (QED) is 0.928. The molecule has 1 fully saturated rings. The number of hydrogen-bond donors (Lipinski definition) is 1. The summed E-state index contributed by atoms with van der Waals surface area (Å²) >= 11 is 0. The maximum atomic E-state index is 12.1. The first-order valence-electron chi connectivity index (χ1n) is 7.61. The summed E-state index contributed by atoms with van der Waals surface area (Å²) in [5.41, 5.74) is 3.02. The maximum absolute atomic E-state index is 12.1. The van der Waals surface area contributed by atoms with Gasteiger partial charge in [0.25, 0.3) is 5.82 Å². The molecule has 1 aromatic heterocycles. The fraction of sp³-hybridized carbons (Fsp3) is 0.375. The van der Waals surface area contributed by atoms with E-state index in [1.807, 2.05) is 25.1 Å². The van der Waals surface area contributed by atoms with Crippen molar-refractivity contribution in [2.45, 2.75) is 26.3 Å². The van der Waals surface area contributed by atoms with Crippen molar-refractivity contribution < 1.29 is 4.79 Å². The number of anilines is 2. The molecule has 0 radical (unpaired) electrons. The number of nitrogens with zero attached hydrogens (tertiary/aromatic N) is 5. The Morgan fingerprint density at radius 3 is 2.83 bits per heavy atom. The summed E-state index contributed by atoms with van der Waals surface area (Å²) in [7, 11) is 0. The van der Waals surface area contributed by atoms with E-state index in [1.165, 1.54) is 29.5 Å². The van der Waals surface area contributed by atoms with Crippen molar-refractivity contribution in [1.29, 1.82) is 5.26 Å². The Bertz CT molecular complexity index is 754. The van der Waals surface area contributed by atoms with Gasteiger partial charge in [-0.05, 0) is 43.5 Å². The van der Waals surface area contributed by atoms with E-state index < -0.39 is 0 Å². The molecule has 23 heavy (non-hydrogen) atoms. The van der Waals surface area contributed by atoms with Crippen LogP contribution in [0.4, 0.5) is 11.4 Å². The topological polar surface area (TPSA) is 86.8 Å². The van der Waals surface area contributed by atoms with Gasteiger partial charge in [0.15, 0.2) is 0 Å². The Labute approximate surface area is 134 Å². The largest absolute Gasteiger partial charge is 0.372 e. The van der Waals surface area contributed by atoms with Gasteiger partial charge in [-0.15, -0.1) is 5.10 Å². The van der Waals surface area contributed by atoms with Crippen LogP contribution >= 0.6 is 0 Å². The molecule has 0 unspecified atom stereocenters. The molecule has 0 spiro atoms. The fourth-order valence-corrected chi connectivity index (χ4v) is 2.72. The van der Waals surface area contributed by atoms with Crippen molar-refractivity contribution in [2.24, 2.45) is 0 Å². The summed E-state index contributed by atoms with van der Waals surface area (Å²) < 4.78 is 1.35. The van der Waals surface area contributed by atoms with Crippen LogP contribution in [0.3, 0.4) is 0 Å². The van der Waals surface area contributed by atoms with E-state index in [2.05, 4.69) is 26.4 Å². The molecule has 2 aromatic rings. The van der Waals surface area contributed by atoms with Gasteiger partial charge in [-0.25, -0.2) is 9.67 Å². The van der Waals surface area contributed by atoms with Crippen LogP contribution in [0.15, 0.2) is 24.5 Å².